The van der Waals surface area contributed by atoms with Crippen molar-refractivity contribution in [1.29, 1.82) is 0 Å². The molecule has 0 aliphatic heterocycles. The van der Waals surface area contributed by atoms with Crippen LogP contribution in [0, 0.1) is 13.8 Å². The van der Waals surface area contributed by atoms with Crippen molar-refractivity contribution in [2.75, 3.05) is 20.2 Å². The summed E-state index contributed by atoms with van der Waals surface area (Å²) in [4.78, 5) is 2.61. The maximum Gasteiger partial charge on any atom is 0.244 e. The number of nitrogens with two attached hydrogens (primary N) is 1. The second-order valence-corrected chi connectivity index (χ2v) is 5.45. The Bertz CT molecular complexity index is 488. The molecule has 104 valence electrons. The fraction of sp³-hybridized carbons (Fsp3) is 0.615. The third-order valence-electron chi connectivity index (χ3n) is 3.52. The van der Waals surface area contributed by atoms with E-state index < -0.39 is 0 Å². The maximum absolute atomic E-state index is 5.75. The van der Waals surface area contributed by atoms with Gasteiger partial charge in [0.2, 0.25) is 5.88 Å². The van der Waals surface area contributed by atoms with Crippen molar-refractivity contribution in [3.63, 3.8) is 0 Å². The summed E-state index contributed by atoms with van der Waals surface area (Å²) in [5.74, 6) is 0.444. The molecule has 0 radical (unpaired) electrons. The minimum atomic E-state index is 0.307. The van der Waals surface area contributed by atoms with Crippen molar-refractivity contribution < 1.29 is 4.74 Å². The molecule has 1 aromatic rings. The van der Waals surface area contributed by atoms with Crippen molar-refractivity contribution >= 4 is 17.2 Å². The Morgan fingerprint density at radius 2 is 2.11 bits per heavy atom. The molecule has 0 amide bonds. The summed E-state index contributed by atoms with van der Waals surface area (Å²) in [6.45, 7) is 5.26. The number of likely N-dealkylation sites (N-methyl/N-ethyl adjacent to an activating group) is 1. The highest BCUT2D eigenvalue weighted by Crippen LogP contribution is 2.25. The van der Waals surface area contributed by atoms with Crippen LogP contribution < -0.4 is 10.5 Å². The molecular formula is C13H20N4OS. The summed E-state index contributed by atoms with van der Waals surface area (Å²) < 4.78 is 5.70. The van der Waals surface area contributed by atoms with Crippen molar-refractivity contribution in [3.8, 4) is 5.88 Å². The van der Waals surface area contributed by atoms with Crippen molar-refractivity contribution in [2.24, 2.45) is 5.73 Å². The number of hydrogen-bond donors (Lipinski definition) is 1. The maximum atomic E-state index is 5.75. The zero-order valence-corrected chi connectivity index (χ0v) is 12.5. The molecule has 5 nitrogen and oxygen atoms in total. The van der Waals surface area contributed by atoms with Gasteiger partial charge in [0.25, 0.3) is 0 Å². The van der Waals surface area contributed by atoms with Crippen LogP contribution in [-0.2, 0) is 0 Å². The summed E-state index contributed by atoms with van der Waals surface area (Å²) in [5.41, 5.74) is 8.21. The van der Waals surface area contributed by atoms with E-state index >= 15 is 0 Å². The van der Waals surface area contributed by atoms with Gasteiger partial charge in [0.1, 0.15) is 11.6 Å². The van der Waals surface area contributed by atoms with Gasteiger partial charge in [0.05, 0.1) is 11.3 Å². The third kappa shape index (κ3) is 3.39. The number of hydrogen-bond acceptors (Lipinski definition) is 5. The zero-order valence-electron chi connectivity index (χ0n) is 11.6. The van der Waals surface area contributed by atoms with Crippen LogP contribution in [0.15, 0.2) is 0 Å². The third-order valence-corrected chi connectivity index (χ3v) is 3.73. The molecule has 0 saturated heterocycles. The highest BCUT2D eigenvalue weighted by molar-refractivity contribution is 7.80. The second-order valence-electron chi connectivity index (χ2n) is 5.02. The van der Waals surface area contributed by atoms with Gasteiger partial charge in [-0.1, -0.05) is 12.2 Å². The molecule has 0 bridgehead atoms. The molecule has 1 heterocycles. The lowest BCUT2D eigenvalue weighted by Gasteiger charge is -2.17. The van der Waals surface area contributed by atoms with E-state index in [-0.39, 0.29) is 0 Å². The van der Waals surface area contributed by atoms with Gasteiger partial charge in [-0.05, 0) is 39.3 Å². The number of nitrogens with zero attached hydrogens (tertiary/aromatic N) is 3. The number of aromatic nitrogens is 2. The fourth-order valence-corrected chi connectivity index (χ4v) is 2.20. The summed E-state index contributed by atoms with van der Waals surface area (Å²) in [6, 6.07) is 0.726. The molecule has 0 spiro atoms. The molecule has 1 aliphatic rings. The molecule has 6 heteroatoms. The molecule has 2 rings (SSSR count). The Morgan fingerprint density at radius 1 is 1.42 bits per heavy atom. The van der Waals surface area contributed by atoms with E-state index in [1.54, 1.807) is 0 Å². The molecule has 0 aromatic carbocycles. The minimum absolute atomic E-state index is 0.307. The Hall–Kier alpha value is -1.27. The van der Waals surface area contributed by atoms with Crippen LogP contribution in [0.5, 0.6) is 5.88 Å². The van der Waals surface area contributed by atoms with Gasteiger partial charge >= 0.3 is 0 Å². The molecule has 1 aliphatic carbocycles. The van der Waals surface area contributed by atoms with E-state index in [0.717, 1.165) is 23.8 Å². The highest BCUT2D eigenvalue weighted by Gasteiger charge is 2.25. The number of aryl methyl sites for hydroxylation is 1. The lowest BCUT2D eigenvalue weighted by molar-refractivity contribution is 0.224. The molecule has 1 aromatic heterocycles. The van der Waals surface area contributed by atoms with Crippen LogP contribution in [0.2, 0.25) is 0 Å². The van der Waals surface area contributed by atoms with Gasteiger partial charge < -0.3 is 15.4 Å². The molecule has 2 N–H and O–H groups in total. The van der Waals surface area contributed by atoms with Crippen LogP contribution in [0.1, 0.15) is 29.7 Å². The van der Waals surface area contributed by atoms with Gasteiger partial charge in [-0.25, -0.2) is 0 Å². The summed E-state index contributed by atoms with van der Waals surface area (Å²) in [7, 11) is 2.11. The first-order valence-corrected chi connectivity index (χ1v) is 6.88. The van der Waals surface area contributed by atoms with Gasteiger partial charge in [-0.2, -0.15) is 5.10 Å². The van der Waals surface area contributed by atoms with Crippen LogP contribution in [0.25, 0.3) is 0 Å². The van der Waals surface area contributed by atoms with E-state index in [9.17, 15) is 0 Å². The Morgan fingerprint density at radius 3 is 2.68 bits per heavy atom. The number of ether oxygens (including phenoxy) is 1. The van der Waals surface area contributed by atoms with Crippen molar-refractivity contribution in [3.05, 3.63) is 16.8 Å². The predicted octanol–water partition coefficient (Wildman–Crippen LogP) is 1.20. The van der Waals surface area contributed by atoms with Gasteiger partial charge in [0, 0.05) is 12.6 Å². The largest absolute Gasteiger partial charge is 0.475 e. The number of thiocarbonyl (C=S) groups is 1. The monoisotopic (exact) mass is 280 g/mol. The Labute approximate surface area is 119 Å². The summed E-state index contributed by atoms with van der Waals surface area (Å²) >= 11 is 5.07. The molecule has 1 saturated carbocycles. The van der Waals surface area contributed by atoms with Crippen molar-refractivity contribution in [1.82, 2.24) is 15.1 Å². The average molecular weight is 280 g/mol. The molecular weight excluding hydrogens is 260 g/mol. The van der Waals surface area contributed by atoms with E-state index in [2.05, 4.69) is 22.1 Å². The fourth-order valence-electron chi connectivity index (χ4n) is 1.96. The number of rotatable bonds is 6. The lowest BCUT2D eigenvalue weighted by Crippen LogP contribution is -2.27. The predicted molar refractivity (Wildman–Crippen MR) is 78.5 cm³/mol. The van der Waals surface area contributed by atoms with E-state index in [1.807, 2.05) is 13.8 Å². The van der Waals surface area contributed by atoms with E-state index in [0.29, 0.717) is 23.0 Å². The highest BCUT2D eigenvalue weighted by atomic mass is 32.1. The van der Waals surface area contributed by atoms with Crippen molar-refractivity contribution in [2.45, 2.75) is 32.7 Å². The van der Waals surface area contributed by atoms with Crippen LogP contribution in [0.4, 0.5) is 0 Å². The molecule has 19 heavy (non-hydrogen) atoms. The van der Waals surface area contributed by atoms with E-state index in [1.165, 1.54) is 12.8 Å². The standard InChI is InChI=1S/C13H20N4OS/c1-8-9(2)15-16-13(11(8)12(14)19)18-7-6-17(3)10-4-5-10/h10H,4-7H2,1-3H3,(H2,14,19). The topological polar surface area (TPSA) is 64.3 Å². The second kappa shape index (κ2) is 5.79. The van der Waals surface area contributed by atoms with E-state index in [4.69, 9.17) is 22.7 Å². The summed E-state index contributed by atoms with van der Waals surface area (Å²) in [6.07, 6.45) is 2.58. The molecule has 0 unspecified atom stereocenters. The van der Waals surface area contributed by atoms with Gasteiger partial charge in [-0.15, -0.1) is 5.10 Å². The minimum Gasteiger partial charge on any atom is -0.475 e. The Balaban J connectivity index is 2.02. The first kappa shape index (κ1) is 14.1. The quantitative estimate of drug-likeness (QED) is 0.790. The average Bonchev–Trinajstić information content (AvgIpc) is 3.17. The zero-order chi connectivity index (χ0) is 14.0. The smallest absolute Gasteiger partial charge is 0.244 e. The SMILES string of the molecule is Cc1nnc(OCCN(C)C2CC2)c(C(N)=S)c1C. The van der Waals surface area contributed by atoms with Crippen LogP contribution in [0.3, 0.4) is 0 Å². The van der Waals surface area contributed by atoms with Gasteiger partial charge in [0.15, 0.2) is 0 Å². The normalized spacial score (nSPS) is 14.7. The lowest BCUT2D eigenvalue weighted by atomic mass is 10.1. The summed E-state index contributed by atoms with van der Waals surface area (Å²) in [5, 5.41) is 8.12. The molecule has 0 atom stereocenters. The van der Waals surface area contributed by atoms with Gasteiger partial charge in [-0.3, -0.25) is 0 Å². The first-order valence-electron chi connectivity index (χ1n) is 6.47. The van der Waals surface area contributed by atoms with Crippen LogP contribution in [-0.4, -0.2) is 46.3 Å². The molecule has 1 fully saturated rings. The van der Waals surface area contributed by atoms with Crippen LogP contribution >= 0.6 is 12.2 Å². The Kier molecular flexibility index (Phi) is 4.31. The first-order chi connectivity index (χ1) is 9.00.